The van der Waals surface area contributed by atoms with Gasteiger partial charge in [-0.2, -0.15) is 0 Å². The normalized spacial score (nSPS) is 14.3. The highest BCUT2D eigenvalue weighted by molar-refractivity contribution is 7.47. The molecule has 0 fully saturated rings. The van der Waals surface area contributed by atoms with Gasteiger partial charge in [-0.1, -0.05) is 120 Å². The van der Waals surface area contributed by atoms with Crippen LogP contribution in [0.2, 0.25) is 0 Å². The molecule has 1 unspecified atom stereocenters. The van der Waals surface area contributed by atoms with Crippen LogP contribution in [0.5, 0.6) is 0 Å². The van der Waals surface area contributed by atoms with Crippen molar-refractivity contribution in [1.82, 2.24) is 0 Å². The van der Waals surface area contributed by atoms with Gasteiger partial charge in [0.25, 0.3) is 0 Å². The molecule has 0 saturated carbocycles. The van der Waals surface area contributed by atoms with Crippen LogP contribution in [-0.2, 0) is 42.3 Å². The zero-order valence-corrected chi connectivity index (χ0v) is 34.4. The molecule has 0 aliphatic heterocycles. The van der Waals surface area contributed by atoms with E-state index in [-0.39, 0.29) is 18.6 Å². The largest absolute Gasteiger partial charge is 0.480 e. The second-order valence-electron chi connectivity index (χ2n) is 13.4. The van der Waals surface area contributed by atoms with E-state index in [9.17, 15) is 28.6 Å². The maximum atomic E-state index is 12.6. The number of nitrogens with two attached hydrogens (primary N) is 1. The molecular weight excluding hydrogens is 725 g/mol. The number of ketones is 1. The first-order chi connectivity index (χ1) is 26.5. The summed E-state index contributed by atoms with van der Waals surface area (Å²) in [6, 6.07) is -1.54. The first-order valence-corrected chi connectivity index (χ1v) is 21.8. The molecule has 4 N–H and O–H groups in total. The average molecular weight is 796 g/mol. The van der Waals surface area contributed by atoms with E-state index in [2.05, 4.69) is 30.5 Å². The lowest BCUT2D eigenvalue weighted by atomic mass is 10.1. The molecule has 0 aliphatic carbocycles. The quantitative estimate of drug-likeness (QED) is 0.0135. The minimum absolute atomic E-state index is 0.116. The molecule has 0 bridgehead atoms. The van der Waals surface area contributed by atoms with Gasteiger partial charge in [0.15, 0.2) is 11.9 Å². The summed E-state index contributed by atoms with van der Waals surface area (Å²) in [6.45, 7) is 2.52. The lowest BCUT2D eigenvalue weighted by Crippen LogP contribution is -2.34. The number of hydrogen-bond acceptors (Lipinski definition) is 10. The van der Waals surface area contributed by atoms with Crippen LogP contribution in [0, 0.1) is 0 Å². The fourth-order valence-corrected chi connectivity index (χ4v) is 5.72. The van der Waals surface area contributed by atoms with E-state index in [1.165, 1.54) is 25.7 Å². The third-order valence-electron chi connectivity index (χ3n) is 8.21. The van der Waals surface area contributed by atoms with Gasteiger partial charge in [0, 0.05) is 19.3 Å². The van der Waals surface area contributed by atoms with Gasteiger partial charge >= 0.3 is 25.7 Å². The van der Waals surface area contributed by atoms with E-state index >= 15 is 0 Å². The van der Waals surface area contributed by atoms with E-state index in [0.29, 0.717) is 25.7 Å². The molecule has 0 spiro atoms. The van der Waals surface area contributed by atoms with Crippen LogP contribution >= 0.6 is 7.82 Å². The topological polar surface area (TPSA) is 189 Å². The maximum absolute atomic E-state index is 12.6. The summed E-state index contributed by atoms with van der Waals surface area (Å²) in [4.78, 5) is 57.5. The Morgan fingerprint density at radius 1 is 0.618 bits per heavy atom. The van der Waals surface area contributed by atoms with Crippen molar-refractivity contribution in [1.29, 1.82) is 0 Å². The number of hydrogen-bond donors (Lipinski definition) is 3. The van der Waals surface area contributed by atoms with Gasteiger partial charge in [-0.3, -0.25) is 28.2 Å². The van der Waals surface area contributed by atoms with Crippen molar-refractivity contribution in [2.75, 3.05) is 19.8 Å². The van der Waals surface area contributed by atoms with Crippen molar-refractivity contribution in [3.8, 4) is 0 Å². The minimum Gasteiger partial charge on any atom is -0.480 e. The highest BCUT2D eigenvalue weighted by Gasteiger charge is 2.28. The van der Waals surface area contributed by atoms with Crippen LogP contribution < -0.4 is 5.73 Å². The Morgan fingerprint density at radius 2 is 1.15 bits per heavy atom. The third kappa shape index (κ3) is 36.3. The predicted octanol–water partition coefficient (Wildman–Crippen LogP) is 9.57. The third-order valence-corrected chi connectivity index (χ3v) is 9.17. The molecule has 0 aliphatic rings. The molecule has 55 heavy (non-hydrogen) atoms. The molecule has 0 aromatic carbocycles. The Balaban J connectivity index is 4.56. The molecule has 0 amide bonds. The number of esters is 2. The Morgan fingerprint density at radius 3 is 1.84 bits per heavy atom. The van der Waals surface area contributed by atoms with E-state index in [0.717, 1.165) is 70.6 Å². The fourth-order valence-electron chi connectivity index (χ4n) is 4.95. The Hall–Kier alpha value is -3.15. The zero-order valence-electron chi connectivity index (χ0n) is 33.5. The maximum Gasteiger partial charge on any atom is 0.472 e. The summed E-state index contributed by atoms with van der Waals surface area (Å²) in [5, 5.41) is 8.87. The Bertz CT molecular complexity index is 1230. The summed E-state index contributed by atoms with van der Waals surface area (Å²) in [5.41, 5.74) is 5.31. The predicted molar refractivity (Wildman–Crippen MR) is 217 cm³/mol. The summed E-state index contributed by atoms with van der Waals surface area (Å²) >= 11 is 0. The molecule has 0 rings (SSSR count). The number of unbranched alkanes of at least 4 members (excludes halogenated alkanes) is 12. The number of carbonyl (C=O) groups is 4. The molecule has 0 heterocycles. The summed E-state index contributed by atoms with van der Waals surface area (Å²) in [5.74, 6) is -2.36. The van der Waals surface area contributed by atoms with Crippen LogP contribution in [-0.4, -0.2) is 65.7 Å². The molecular formula is C42H70NO11P. The van der Waals surface area contributed by atoms with Crippen LogP contribution in [0.1, 0.15) is 149 Å². The first kappa shape index (κ1) is 51.9. The second kappa shape index (κ2) is 36.5. The van der Waals surface area contributed by atoms with E-state index in [1.807, 2.05) is 36.5 Å². The lowest BCUT2D eigenvalue weighted by molar-refractivity contribution is -0.161. The summed E-state index contributed by atoms with van der Waals surface area (Å²) in [6.07, 6.45) is 37.1. The summed E-state index contributed by atoms with van der Waals surface area (Å²) < 4.78 is 32.5. The molecule has 0 saturated heterocycles. The van der Waals surface area contributed by atoms with Gasteiger partial charge < -0.3 is 25.2 Å². The molecule has 13 heteroatoms. The van der Waals surface area contributed by atoms with Crippen LogP contribution in [0.4, 0.5) is 0 Å². The molecule has 0 aromatic heterocycles. The highest BCUT2D eigenvalue weighted by Crippen LogP contribution is 2.43. The van der Waals surface area contributed by atoms with Gasteiger partial charge in [-0.05, 0) is 70.3 Å². The van der Waals surface area contributed by atoms with E-state index in [4.69, 9.17) is 24.8 Å². The highest BCUT2D eigenvalue weighted by atomic mass is 31.2. The SMILES string of the molecule is CCCCCC/C=C\CCCCCCCC(=O)O[C@H](COC(=O)CCC/C=C\C/C=C\C/C=C\C=C\C(=O)CCCCC)COP(=O)(O)OC[C@H](N)C(=O)O. The fraction of sp³-hybridized carbons (Fsp3) is 0.667. The molecule has 12 nitrogen and oxygen atoms in total. The van der Waals surface area contributed by atoms with Crippen molar-refractivity contribution in [2.45, 2.75) is 161 Å². The van der Waals surface area contributed by atoms with E-state index in [1.54, 1.807) is 12.2 Å². The van der Waals surface area contributed by atoms with Crippen molar-refractivity contribution in [3.63, 3.8) is 0 Å². The van der Waals surface area contributed by atoms with Gasteiger partial charge in [-0.15, -0.1) is 0 Å². The smallest absolute Gasteiger partial charge is 0.472 e. The molecule has 314 valence electrons. The number of phosphoric acid groups is 1. The standard InChI is InChI=1S/C42H70NO11P/c1-3-5-7-8-9-10-11-12-15-19-22-25-29-33-41(46)54-38(35-52-55(49,50)53-36-39(43)42(47)48)34-51-40(45)32-28-24-21-18-16-13-14-17-20-23-27-31-37(44)30-26-6-4-2/h10-11,13-14,18,20-21,23,27,31,38-39H,3-9,12,15-17,19,22,24-26,28-30,32-36,43H2,1-2H3,(H,47,48)(H,49,50)/b11-10-,14-13-,21-18-,23-20-,31-27+/t38-,39+/m1/s1. The number of carboxylic acid groups (broad SMARTS) is 1. The number of rotatable bonds is 37. The van der Waals surface area contributed by atoms with Crippen LogP contribution in [0.15, 0.2) is 60.8 Å². The molecule has 0 aromatic rings. The van der Waals surface area contributed by atoms with Crippen LogP contribution in [0.25, 0.3) is 0 Å². The van der Waals surface area contributed by atoms with E-state index < -0.39 is 57.7 Å². The Labute approximate surface area is 330 Å². The van der Waals surface area contributed by atoms with Crippen molar-refractivity contribution in [2.24, 2.45) is 5.73 Å². The lowest BCUT2D eigenvalue weighted by Gasteiger charge is -2.20. The number of phosphoric ester groups is 1. The second-order valence-corrected chi connectivity index (χ2v) is 14.9. The zero-order chi connectivity index (χ0) is 40.8. The molecule has 3 atom stereocenters. The average Bonchev–Trinajstić information content (AvgIpc) is 3.15. The van der Waals surface area contributed by atoms with Crippen molar-refractivity contribution in [3.05, 3.63) is 60.8 Å². The van der Waals surface area contributed by atoms with Gasteiger partial charge in [-0.25, -0.2) is 4.57 Å². The minimum atomic E-state index is -4.74. The first-order valence-electron chi connectivity index (χ1n) is 20.3. The Kier molecular flexibility index (Phi) is 34.4. The van der Waals surface area contributed by atoms with Gasteiger partial charge in [0.1, 0.15) is 12.6 Å². The van der Waals surface area contributed by atoms with Gasteiger partial charge in [0.2, 0.25) is 0 Å². The number of carbonyl (C=O) groups excluding carboxylic acids is 3. The monoisotopic (exact) mass is 795 g/mol. The summed E-state index contributed by atoms with van der Waals surface area (Å²) in [7, 11) is -4.74. The van der Waals surface area contributed by atoms with Crippen molar-refractivity contribution < 1.29 is 52.3 Å². The number of aliphatic carboxylic acids is 1. The number of ether oxygens (including phenoxy) is 2. The van der Waals surface area contributed by atoms with Gasteiger partial charge in [0.05, 0.1) is 13.2 Å². The van der Waals surface area contributed by atoms with Crippen LogP contribution in [0.3, 0.4) is 0 Å². The number of carboxylic acids is 1. The van der Waals surface area contributed by atoms with Crippen molar-refractivity contribution >= 4 is 31.5 Å². The number of allylic oxidation sites excluding steroid dienone is 10. The molecule has 0 radical (unpaired) electrons.